The van der Waals surface area contributed by atoms with E-state index in [-0.39, 0.29) is 13.2 Å². The molecule has 0 heterocycles. The lowest BCUT2D eigenvalue weighted by molar-refractivity contribution is -0.220. The van der Waals surface area contributed by atoms with Crippen molar-refractivity contribution in [3.8, 4) is 0 Å². The summed E-state index contributed by atoms with van der Waals surface area (Å²) in [5.41, 5.74) is 0. The van der Waals surface area contributed by atoms with E-state index in [2.05, 4.69) is 9.05 Å². The van der Waals surface area contributed by atoms with E-state index in [9.17, 15) is 35.0 Å². The molecule has 1 fully saturated rings. The predicted molar refractivity (Wildman–Crippen MR) is 73.4 cm³/mol. The highest BCUT2D eigenvalue weighted by molar-refractivity contribution is 7.47. The Morgan fingerprint density at radius 2 is 1.39 bits per heavy atom. The molecule has 23 heavy (non-hydrogen) atoms. The second kappa shape index (κ2) is 8.79. The first-order valence-electron chi connectivity index (χ1n) is 6.72. The molecule has 0 bridgehead atoms. The summed E-state index contributed by atoms with van der Waals surface area (Å²) < 4.78 is 30.9. The molecule has 0 saturated heterocycles. The van der Waals surface area contributed by atoms with Crippen molar-refractivity contribution in [2.45, 2.75) is 42.7 Å². The van der Waals surface area contributed by atoms with Gasteiger partial charge in [0.05, 0.1) is 13.2 Å². The zero-order valence-electron chi connectivity index (χ0n) is 12.6. The van der Waals surface area contributed by atoms with Crippen molar-refractivity contribution < 1.29 is 53.5 Å². The number of rotatable bonds is 8. The van der Waals surface area contributed by atoms with E-state index < -0.39 is 50.6 Å². The van der Waals surface area contributed by atoms with Gasteiger partial charge in [0, 0.05) is 14.2 Å². The molecule has 0 aromatic carbocycles. The van der Waals surface area contributed by atoms with Crippen LogP contribution in [0.4, 0.5) is 0 Å². The smallest absolute Gasteiger partial charge is 0.387 e. The van der Waals surface area contributed by atoms with Crippen LogP contribution in [0.25, 0.3) is 0 Å². The van der Waals surface area contributed by atoms with Crippen molar-refractivity contribution in [2.75, 3.05) is 27.4 Å². The average Bonchev–Trinajstić information content (AvgIpc) is 2.51. The van der Waals surface area contributed by atoms with Gasteiger partial charge in [-0.3, -0.25) is 9.05 Å². The minimum atomic E-state index is -4.76. The summed E-state index contributed by atoms with van der Waals surface area (Å²) in [6.07, 6.45) is -11.9. The summed E-state index contributed by atoms with van der Waals surface area (Å²) in [5, 5.41) is 47.9. The molecule has 5 unspecified atom stereocenters. The van der Waals surface area contributed by atoms with E-state index in [0.717, 1.165) is 0 Å². The first kappa shape index (κ1) is 20.9. The Morgan fingerprint density at radius 3 is 1.83 bits per heavy atom. The normalized spacial score (nSPS) is 39.0. The van der Waals surface area contributed by atoms with Crippen molar-refractivity contribution in [2.24, 2.45) is 0 Å². The van der Waals surface area contributed by atoms with Crippen molar-refractivity contribution in [1.82, 2.24) is 0 Å². The molecule has 12 heteroatoms. The lowest BCUT2D eigenvalue weighted by Gasteiger charge is -2.41. The molecule has 0 aliphatic heterocycles. The third kappa shape index (κ3) is 5.41. The second-order valence-electron chi connectivity index (χ2n) is 5.10. The summed E-state index contributed by atoms with van der Waals surface area (Å²) in [6.45, 7) is -0.306. The fraction of sp³-hybridized carbons (Fsp3) is 1.00. The maximum absolute atomic E-state index is 11.9. The molecule has 0 aromatic rings. The SMILES string of the molecule is COC[C@H](COP(=O)(O)OC1C(O)C(O)C(O)C(O)C1O)OC. The molecule has 6 N–H and O–H groups in total. The number of phosphoric ester groups is 1. The molecule has 1 rings (SSSR count). The fourth-order valence-corrected chi connectivity index (χ4v) is 3.03. The Morgan fingerprint density at radius 1 is 0.913 bits per heavy atom. The Labute approximate surface area is 132 Å². The minimum Gasteiger partial charge on any atom is -0.387 e. The number of hydrogen-bond acceptors (Lipinski definition) is 10. The summed E-state index contributed by atoms with van der Waals surface area (Å²) in [5.74, 6) is 0. The Hall–Kier alpha value is -0.170. The predicted octanol–water partition coefficient (Wildman–Crippen LogP) is -3.03. The van der Waals surface area contributed by atoms with Crippen LogP contribution in [0.15, 0.2) is 0 Å². The van der Waals surface area contributed by atoms with Gasteiger partial charge in [0.2, 0.25) is 0 Å². The zero-order valence-corrected chi connectivity index (χ0v) is 13.5. The van der Waals surface area contributed by atoms with Gasteiger partial charge in [-0.15, -0.1) is 0 Å². The van der Waals surface area contributed by atoms with Gasteiger partial charge in [-0.2, -0.15) is 0 Å². The van der Waals surface area contributed by atoms with Gasteiger partial charge in [-0.1, -0.05) is 0 Å². The van der Waals surface area contributed by atoms with Crippen LogP contribution in [0, 0.1) is 0 Å². The van der Waals surface area contributed by atoms with E-state index in [1.165, 1.54) is 14.2 Å². The molecule has 0 aromatic heterocycles. The molecule has 0 spiro atoms. The standard InChI is InChI=1S/C11H23O11P/c1-19-3-5(20-2)4-21-23(17,18)22-11-9(15)7(13)6(12)8(14)10(11)16/h5-16H,3-4H2,1-2H3,(H,17,18)/t5-,6?,7?,8?,9?,10?,11?/m1/s1. The zero-order chi connectivity index (χ0) is 17.8. The van der Waals surface area contributed by atoms with Gasteiger partial charge in [0.1, 0.15) is 42.7 Å². The molecule has 0 radical (unpaired) electrons. The molecular formula is C11H23O11P. The van der Waals surface area contributed by atoms with Crippen LogP contribution in [0.1, 0.15) is 0 Å². The quantitative estimate of drug-likeness (QED) is 0.242. The number of phosphoric acid groups is 1. The van der Waals surface area contributed by atoms with Gasteiger partial charge in [-0.25, -0.2) is 4.57 Å². The Bertz CT molecular complexity index is 391. The second-order valence-corrected chi connectivity index (χ2v) is 6.51. The van der Waals surface area contributed by atoms with E-state index >= 15 is 0 Å². The van der Waals surface area contributed by atoms with E-state index in [1.807, 2.05) is 0 Å². The molecule has 1 aliphatic rings. The van der Waals surface area contributed by atoms with E-state index in [4.69, 9.17) is 9.47 Å². The number of ether oxygens (including phenoxy) is 2. The molecule has 1 aliphatic carbocycles. The maximum Gasteiger partial charge on any atom is 0.472 e. The van der Waals surface area contributed by atoms with Gasteiger partial charge in [0.25, 0.3) is 0 Å². The van der Waals surface area contributed by atoms with Crippen molar-refractivity contribution >= 4 is 7.82 Å². The van der Waals surface area contributed by atoms with Crippen LogP contribution in [0.5, 0.6) is 0 Å². The van der Waals surface area contributed by atoms with Crippen LogP contribution in [-0.2, 0) is 23.1 Å². The highest BCUT2D eigenvalue weighted by atomic mass is 31.2. The van der Waals surface area contributed by atoms with Crippen LogP contribution in [0.2, 0.25) is 0 Å². The number of hydrogen-bond donors (Lipinski definition) is 6. The minimum absolute atomic E-state index is 0.0782. The third-order valence-electron chi connectivity index (χ3n) is 3.44. The summed E-state index contributed by atoms with van der Waals surface area (Å²) in [6, 6.07) is 0. The topological polar surface area (TPSA) is 175 Å². The highest BCUT2D eigenvalue weighted by Gasteiger charge is 2.51. The number of aliphatic hydroxyl groups excluding tert-OH is 5. The molecule has 1 saturated carbocycles. The monoisotopic (exact) mass is 362 g/mol. The molecule has 11 nitrogen and oxygen atoms in total. The molecule has 6 atom stereocenters. The van der Waals surface area contributed by atoms with Crippen LogP contribution >= 0.6 is 7.82 Å². The third-order valence-corrected chi connectivity index (χ3v) is 4.42. The first-order chi connectivity index (χ1) is 10.6. The van der Waals surface area contributed by atoms with Gasteiger partial charge in [-0.05, 0) is 0 Å². The molecular weight excluding hydrogens is 339 g/mol. The van der Waals surface area contributed by atoms with Gasteiger partial charge in [0.15, 0.2) is 0 Å². The summed E-state index contributed by atoms with van der Waals surface area (Å²) >= 11 is 0. The average molecular weight is 362 g/mol. The van der Waals surface area contributed by atoms with Gasteiger partial charge >= 0.3 is 7.82 Å². The van der Waals surface area contributed by atoms with Crippen LogP contribution in [-0.4, -0.2) is 101 Å². The van der Waals surface area contributed by atoms with E-state index in [1.54, 1.807) is 0 Å². The summed E-state index contributed by atoms with van der Waals surface area (Å²) in [4.78, 5) is 9.62. The highest BCUT2D eigenvalue weighted by Crippen LogP contribution is 2.47. The lowest BCUT2D eigenvalue weighted by atomic mass is 9.85. The largest absolute Gasteiger partial charge is 0.472 e. The van der Waals surface area contributed by atoms with Crippen molar-refractivity contribution in [3.05, 3.63) is 0 Å². The fourth-order valence-electron chi connectivity index (χ4n) is 2.05. The number of aliphatic hydroxyl groups is 5. The molecule has 0 amide bonds. The Balaban J connectivity index is 2.69. The van der Waals surface area contributed by atoms with Crippen molar-refractivity contribution in [3.63, 3.8) is 0 Å². The molecule has 138 valence electrons. The lowest BCUT2D eigenvalue weighted by Crippen LogP contribution is -2.64. The van der Waals surface area contributed by atoms with E-state index in [0.29, 0.717) is 0 Å². The van der Waals surface area contributed by atoms with Gasteiger partial charge < -0.3 is 39.9 Å². The van der Waals surface area contributed by atoms with Crippen LogP contribution < -0.4 is 0 Å². The van der Waals surface area contributed by atoms with Crippen molar-refractivity contribution in [1.29, 1.82) is 0 Å². The Kier molecular flexibility index (Phi) is 7.98. The van der Waals surface area contributed by atoms with Crippen LogP contribution in [0.3, 0.4) is 0 Å². The maximum atomic E-state index is 11.9. The number of methoxy groups -OCH3 is 2. The first-order valence-corrected chi connectivity index (χ1v) is 8.22. The summed E-state index contributed by atoms with van der Waals surface area (Å²) in [7, 11) is -2.03.